The van der Waals surface area contributed by atoms with Crippen LogP contribution in [0.1, 0.15) is 71.9 Å². The highest BCUT2D eigenvalue weighted by Gasteiger charge is 2.26. The third kappa shape index (κ3) is 3.08. The zero-order valence-corrected chi connectivity index (χ0v) is 15.3. The predicted molar refractivity (Wildman–Crippen MR) is 99.2 cm³/mol. The Balaban J connectivity index is 1.55. The second-order valence-electron chi connectivity index (χ2n) is 7.48. The van der Waals surface area contributed by atoms with Crippen LogP contribution in [0, 0.1) is 0 Å². The van der Waals surface area contributed by atoms with Crippen LogP contribution in [-0.4, -0.2) is 20.3 Å². The molecule has 2 aliphatic rings. The minimum Gasteiger partial charge on any atom is -0.346 e. The number of fused-ring (bicyclic) bond motifs is 1. The van der Waals surface area contributed by atoms with Crippen LogP contribution in [0.2, 0.25) is 0 Å². The third-order valence-electron chi connectivity index (χ3n) is 5.75. The molecule has 2 aromatic heterocycles. The number of hydrogen-bond donors (Lipinski definition) is 1. The minimum absolute atomic E-state index is 0.180. The second kappa shape index (κ2) is 7.09. The summed E-state index contributed by atoms with van der Waals surface area (Å²) in [6.45, 7) is 0.388. The van der Waals surface area contributed by atoms with E-state index in [1.807, 2.05) is 0 Å². The summed E-state index contributed by atoms with van der Waals surface area (Å²) in [5.74, 6) is -0.328. The van der Waals surface area contributed by atoms with E-state index in [2.05, 4.69) is 10.00 Å². The first-order valence-corrected chi connectivity index (χ1v) is 9.68. The van der Waals surface area contributed by atoms with Gasteiger partial charge in [-0.05, 0) is 56.2 Å². The molecule has 0 bridgehead atoms. The first kappa shape index (κ1) is 17.1. The summed E-state index contributed by atoms with van der Waals surface area (Å²) in [6.07, 6.45) is 11.2. The van der Waals surface area contributed by atoms with Crippen molar-refractivity contribution in [3.63, 3.8) is 0 Å². The van der Waals surface area contributed by atoms with Crippen LogP contribution in [0.4, 0.5) is 0 Å². The molecule has 0 aromatic carbocycles. The Bertz CT molecular complexity index is 874. The van der Waals surface area contributed by atoms with Gasteiger partial charge in [-0.25, -0.2) is 0 Å². The summed E-state index contributed by atoms with van der Waals surface area (Å²) < 4.78 is 3.68. The molecule has 1 amide bonds. The lowest BCUT2D eigenvalue weighted by Crippen LogP contribution is -2.31. The van der Waals surface area contributed by atoms with Gasteiger partial charge in [-0.2, -0.15) is 5.10 Å². The summed E-state index contributed by atoms with van der Waals surface area (Å²) in [6, 6.07) is 3.81. The summed E-state index contributed by atoms with van der Waals surface area (Å²) in [4.78, 5) is 24.6. The van der Waals surface area contributed by atoms with E-state index in [1.54, 1.807) is 25.4 Å². The number of amides is 1. The van der Waals surface area contributed by atoms with E-state index in [4.69, 9.17) is 5.10 Å². The van der Waals surface area contributed by atoms with Gasteiger partial charge in [0.25, 0.3) is 11.5 Å². The van der Waals surface area contributed by atoms with Gasteiger partial charge in [-0.15, -0.1) is 0 Å². The van der Waals surface area contributed by atoms with E-state index in [-0.39, 0.29) is 17.0 Å². The van der Waals surface area contributed by atoms with Crippen molar-refractivity contribution in [1.29, 1.82) is 0 Å². The number of carbonyl (C=O) groups excluding carboxylic acids is 1. The fourth-order valence-electron chi connectivity index (χ4n) is 4.33. The van der Waals surface area contributed by atoms with Gasteiger partial charge < -0.3 is 9.88 Å². The number of nitrogens with one attached hydrogen (secondary N) is 1. The molecule has 0 aliphatic heterocycles. The highest BCUT2D eigenvalue weighted by Crippen LogP contribution is 2.34. The average molecular weight is 354 g/mol. The maximum Gasteiger partial charge on any atom is 0.263 e. The molecule has 0 atom stereocenters. The smallest absolute Gasteiger partial charge is 0.263 e. The Hall–Kier alpha value is -2.37. The SMILES string of the molecule is Cn1cccc(C(=O)NCc2nn(C3CCCC3)c3c2CCCC3)c1=O. The maximum absolute atomic E-state index is 12.5. The molecular formula is C20H26N4O2. The van der Waals surface area contributed by atoms with Gasteiger partial charge in [0.15, 0.2) is 0 Å². The van der Waals surface area contributed by atoms with E-state index in [1.165, 1.54) is 54.3 Å². The van der Waals surface area contributed by atoms with Crippen molar-refractivity contribution in [1.82, 2.24) is 19.7 Å². The zero-order chi connectivity index (χ0) is 18.1. The van der Waals surface area contributed by atoms with Crippen molar-refractivity contribution < 1.29 is 4.79 Å². The predicted octanol–water partition coefficient (Wildman–Crippen LogP) is 2.51. The van der Waals surface area contributed by atoms with Crippen LogP contribution in [-0.2, 0) is 26.4 Å². The Morgan fingerprint density at radius 2 is 2.00 bits per heavy atom. The molecule has 4 rings (SSSR count). The Kier molecular flexibility index (Phi) is 4.66. The number of hydrogen-bond acceptors (Lipinski definition) is 3. The summed E-state index contributed by atoms with van der Waals surface area (Å²) in [5, 5.41) is 7.81. The monoisotopic (exact) mass is 354 g/mol. The Morgan fingerprint density at radius 3 is 2.81 bits per heavy atom. The lowest BCUT2D eigenvalue weighted by molar-refractivity contribution is 0.0948. The summed E-state index contributed by atoms with van der Waals surface area (Å²) in [7, 11) is 1.65. The van der Waals surface area contributed by atoms with Crippen molar-refractivity contribution in [3.05, 3.63) is 51.2 Å². The number of carbonyl (C=O) groups is 1. The standard InChI is InChI=1S/C20H26N4O2/c1-23-12-6-10-16(20(23)26)19(25)21-13-17-15-9-4-5-11-18(15)24(22-17)14-7-2-3-8-14/h6,10,12,14H,2-5,7-9,11,13H2,1H3,(H,21,25). The van der Waals surface area contributed by atoms with Crippen LogP contribution < -0.4 is 10.9 Å². The number of pyridine rings is 1. The quantitative estimate of drug-likeness (QED) is 0.917. The number of rotatable bonds is 4. The zero-order valence-electron chi connectivity index (χ0n) is 15.3. The van der Waals surface area contributed by atoms with Gasteiger partial charge in [0, 0.05) is 18.9 Å². The van der Waals surface area contributed by atoms with E-state index in [0.717, 1.165) is 18.5 Å². The third-order valence-corrected chi connectivity index (χ3v) is 5.75. The molecule has 26 heavy (non-hydrogen) atoms. The van der Waals surface area contributed by atoms with Crippen molar-refractivity contribution in [2.45, 2.75) is 64.0 Å². The number of aryl methyl sites for hydroxylation is 1. The van der Waals surface area contributed by atoms with Crippen LogP contribution >= 0.6 is 0 Å². The molecule has 0 radical (unpaired) electrons. The molecule has 0 unspecified atom stereocenters. The Morgan fingerprint density at radius 1 is 1.23 bits per heavy atom. The minimum atomic E-state index is -0.328. The summed E-state index contributed by atoms with van der Waals surface area (Å²) >= 11 is 0. The van der Waals surface area contributed by atoms with Gasteiger partial charge in [-0.1, -0.05) is 12.8 Å². The molecule has 0 spiro atoms. The van der Waals surface area contributed by atoms with E-state index >= 15 is 0 Å². The van der Waals surface area contributed by atoms with Crippen molar-refractivity contribution in [2.75, 3.05) is 0 Å². The van der Waals surface area contributed by atoms with Crippen LogP contribution in [0.3, 0.4) is 0 Å². The lowest BCUT2D eigenvalue weighted by atomic mass is 9.95. The molecule has 138 valence electrons. The van der Waals surface area contributed by atoms with E-state index in [0.29, 0.717) is 12.6 Å². The first-order valence-electron chi connectivity index (χ1n) is 9.68. The van der Waals surface area contributed by atoms with Crippen molar-refractivity contribution in [2.24, 2.45) is 7.05 Å². The van der Waals surface area contributed by atoms with Gasteiger partial charge in [0.1, 0.15) is 5.56 Å². The Labute approximate surface area is 153 Å². The topological polar surface area (TPSA) is 68.9 Å². The molecular weight excluding hydrogens is 328 g/mol. The average Bonchev–Trinajstić information content (AvgIpc) is 3.30. The molecule has 1 N–H and O–H groups in total. The highest BCUT2D eigenvalue weighted by atomic mass is 16.2. The maximum atomic E-state index is 12.5. The normalized spacial score (nSPS) is 17.3. The highest BCUT2D eigenvalue weighted by molar-refractivity contribution is 5.93. The van der Waals surface area contributed by atoms with Crippen LogP contribution in [0.15, 0.2) is 23.1 Å². The fourth-order valence-corrected chi connectivity index (χ4v) is 4.33. The van der Waals surface area contributed by atoms with Gasteiger partial charge in [0.05, 0.1) is 18.3 Å². The molecule has 1 saturated carbocycles. The number of aromatic nitrogens is 3. The molecule has 1 fully saturated rings. The van der Waals surface area contributed by atoms with E-state index in [9.17, 15) is 9.59 Å². The van der Waals surface area contributed by atoms with Gasteiger partial charge >= 0.3 is 0 Å². The van der Waals surface area contributed by atoms with Gasteiger partial charge in [-0.3, -0.25) is 14.3 Å². The molecule has 2 aromatic rings. The summed E-state index contributed by atoms with van der Waals surface area (Å²) in [5.41, 5.74) is 3.59. The lowest BCUT2D eigenvalue weighted by Gasteiger charge is -2.18. The molecule has 2 aliphatic carbocycles. The first-order chi connectivity index (χ1) is 12.6. The molecule has 2 heterocycles. The molecule has 6 heteroatoms. The largest absolute Gasteiger partial charge is 0.346 e. The molecule has 6 nitrogen and oxygen atoms in total. The van der Waals surface area contributed by atoms with Crippen LogP contribution in [0.5, 0.6) is 0 Å². The molecule has 0 saturated heterocycles. The van der Waals surface area contributed by atoms with Crippen LogP contribution in [0.25, 0.3) is 0 Å². The fraction of sp³-hybridized carbons (Fsp3) is 0.550. The van der Waals surface area contributed by atoms with E-state index < -0.39 is 0 Å². The van der Waals surface area contributed by atoms with Crippen molar-refractivity contribution >= 4 is 5.91 Å². The number of nitrogens with zero attached hydrogens (tertiary/aromatic N) is 3. The van der Waals surface area contributed by atoms with Gasteiger partial charge in [0.2, 0.25) is 0 Å². The second-order valence-corrected chi connectivity index (χ2v) is 7.48. The van der Waals surface area contributed by atoms with Crippen molar-refractivity contribution in [3.8, 4) is 0 Å².